The molecule has 2 rings (SSSR count). The number of hydrogen-bond donors (Lipinski definition) is 2. The molecular weight excluding hydrogens is 324 g/mol. The molecule has 126 valence electrons. The number of carboxylic acids is 1. The van der Waals surface area contributed by atoms with Gasteiger partial charge in [-0.25, -0.2) is 17.9 Å². The number of amides is 1. The van der Waals surface area contributed by atoms with E-state index in [-0.39, 0.29) is 11.9 Å². The van der Waals surface area contributed by atoms with E-state index in [9.17, 15) is 18.0 Å². The highest BCUT2D eigenvalue weighted by molar-refractivity contribution is 7.88. The molecule has 1 heterocycles. The van der Waals surface area contributed by atoms with E-state index in [0.717, 1.165) is 6.26 Å². The molecule has 0 aliphatic carbocycles. The van der Waals surface area contributed by atoms with Crippen LogP contribution in [0.25, 0.3) is 0 Å². The molecule has 8 nitrogen and oxygen atoms in total. The normalized spacial score (nSPS) is 18.0. The number of likely N-dealkylation sites (tertiary alicyclic amines) is 1. The summed E-state index contributed by atoms with van der Waals surface area (Å²) in [6.07, 6.45) is 1.63. The maximum absolute atomic E-state index is 12.4. The highest BCUT2D eigenvalue weighted by atomic mass is 32.2. The van der Waals surface area contributed by atoms with E-state index < -0.39 is 22.6 Å². The van der Waals surface area contributed by atoms with Crippen LogP contribution in [-0.4, -0.2) is 62.3 Å². The summed E-state index contributed by atoms with van der Waals surface area (Å²) in [5.41, 5.74) is 0.368. The lowest BCUT2D eigenvalue weighted by Crippen LogP contribution is -2.37. The number of nitrogens with zero attached hydrogens (tertiary/aromatic N) is 1. The van der Waals surface area contributed by atoms with Crippen molar-refractivity contribution in [3.05, 3.63) is 29.8 Å². The van der Waals surface area contributed by atoms with Gasteiger partial charge in [-0.1, -0.05) is 6.07 Å². The monoisotopic (exact) mass is 342 g/mol. The second-order valence-corrected chi connectivity index (χ2v) is 7.12. The van der Waals surface area contributed by atoms with E-state index in [0.29, 0.717) is 30.8 Å². The van der Waals surface area contributed by atoms with Gasteiger partial charge in [0.25, 0.3) is 5.91 Å². The minimum absolute atomic E-state index is 0.247. The van der Waals surface area contributed by atoms with Gasteiger partial charge in [0.05, 0.1) is 6.26 Å². The van der Waals surface area contributed by atoms with Gasteiger partial charge >= 0.3 is 5.97 Å². The zero-order chi connectivity index (χ0) is 17.0. The topological polar surface area (TPSA) is 113 Å². The Labute approximate surface area is 134 Å². The molecule has 1 aromatic carbocycles. The Morgan fingerprint density at radius 3 is 2.83 bits per heavy atom. The average Bonchev–Trinajstić information content (AvgIpc) is 2.91. The summed E-state index contributed by atoms with van der Waals surface area (Å²) < 4.78 is 30.0. The maximum Gasteiger partial charge on any atom is 0.341 e. The van der Waals surface area contributed by atoms with Crippen molar-refractivity contribution in [1.29, 1.82) is 0 Å². The predicted octanol–water partition coefficient (Wildman–Crippen LogP) is -0.0863. The molecule has 1 atom stereocenters. The number of carboxylic acid groups (broad SMARTS) is 1. The van der Waals surface area contributed by atoms with Crippen molar-refractivity contribution in [1.82, 2.24) is 9.62 Å². The van der Waals surface area contributed by atoms with Gasteiger partial charge < -0.3 is 14.7 Å². The number of carbonyl (C=O) groups is 2. The fourth-order valence-corrected chi connectivity index (χ4v) is 3.19. The Balaban J connectivity index is 2.01. The summed E-state index contributed by atoms with van der Waals surface area (Å²) >= 11 is 0. The van der Waals surface area contributed by atoms with Crippen molar-refractivity contribution >= 4 is 21.9 Å². The third-order valence-electron chi connectivity index (χ3n) is 3.30. The van der Waals surface area contributed by atoms with Gasteiger partial charge in [0.1, 0.15) is 5.75 Å². The first-order valence-electron chi connectivity index (χ1n) is 6.96. The average molecular weight is 342 g/mol. The molecule has 9 heteroatoms. The third kappa shape index (κ3) is 5.22. The van der Waals surface area contributed by atoms with Gasteiger partial charge in [0.15, 0.2) is 6.61 Å². The first-order valence-corrected chi connectivity index (χ1v) is 8.85. The van der Waals surface area contributed by atoms with Gasteiger partial charge in [-0.05, 0) is 24.6 Å². The molecule has 1 unspecified atom stereocenters. The summed E-state index contributed by atoms with van der Waals surface area (Å²) in [6, 6.07) is 5.96. The zero-order valence-electron chi connectivity index (χ0n) is 12.6. The fraction of sp³-hybridized carbons (Fsp3) is 0.429. The van der Waals surface area contributed by atoms with Crippen LogP contribution in [0.5, 0.6) is 5.75 Å². The summed E-state index contributed by atoms with van der Waals surface area (Å²) in [4.78, 5) is 24.5. The summed E-state index contributed by atoms with van der Waals surface area (Å²) in [5, 5.41) is 8.59. The second kappa shape index (κ2) is 6.97. The van der Waals surface area contributed by atoms with Crippen LogP contribution in [0.4, 0.5) is 0 Å². The number of nitrogens with one attached hydrogen (secondary N) is 1. The molecule has 0 aromatic heterocycles. The maximum atomic E-state index is 12.4. The first-order chi connectivity index (χ1) is 10.7. The van der Waals surface area contributed by atoms with Crippen LogP contribution < -0.4 is 9.46 Å². The van der Waals surface area contributed by atoms with Crippen LogP contribution in [0.2, 0.25) is 0 Å². The van der Waals surface area contributed by atoms with E-state index in [2.05, 4.69) is 4.72 Å². The molecule has 0 bridgehead atoms. The smallest absolute Gasteiger partial charge is 0.341 e. The molecule has 1 aliphatic heterocycles. The number of rotatable bonds is 6. The molecule has 1 aromatic rings. The molecule has 2 N–H and O–H groups in total. The lowest BCUT2D eigenvalue weighted by molar-refractivity contribution is -0.139. The van der Waals surface area contributed by atoms with Gasteiger partial charge in [-0.15, -0.1) is 0 Å². The first kappa shape index (κ1) is 17.2. The van der Waals surface area contributed by atoms with Crippen LogP contribution in [0.1, 0.15) is 16.8 Å². The van der Waals surface area contributed by atoms with E-state index in [1.54, 1.807) is 23.1 Å². The number of ether oxygens (including phenoxy) is 1. The van der Waals surface area contributed by atoms with Gasteiger partial charge in [-0.2, -0.15) is 0 Å². The molecule has 23 heavy (non-hydrogen) atoms. The second-order valence-electron chi connectivity index (χ2n) is 5.34. The van der Waals surface area contributed by atoms with Crippen molar-refractivity contribution < 1.29 is 27.9 Å². The SMILES string of the molecule is CS(=O)(=O)NC1CCN(C(=O)c2cccc(OCC(=O)O)c2)C1. The van der Waals surface area contributed by atoms with Gasteiger partial charge in [0.2, 0.25) is 10.0 Å². The van der Waals surface area contributed by atoms with Crippen LogP contribution >= 0.6 is 0 Å². The number of benzene rings is 1. The molecule has 1 aliphatic rings. The Bertz CT molecular complexity index is 703. The third-order valence-corrected chi connectivity index (χ3v) is 4.06. The number of aliphatic carboxylic acids is 1. The Hall–Kier alpha value is -2.13. The van der Waals surface area contributed by atoms with E-state index in [1.165, 1.54) is 6.07 Å². The van der Waals surface area contributed by atoms with Crippen molar-refractivity contribution in [2.45, 2.75) is 12.5 Å². The summed E-state index contributed by atoms with van der Waals surface area (Å²) in [7, 11) is -3.31. The van der Waals surface area contributed by atoms with Crippen LogP contribution in [0.3, 0.4) is 0 Å². The molecule has 1 fully saturated rings. The summed E-state index contributed by atoms with van der Waals surface area (Å²) in [6.45, 7) is 0.264. The molecule has 1 saturated heterocycles. The minimum atomic E-state index is -3.31. The predicted molar refractivity (Wildman–Crippen MR) is 81.9 cm³/mol. The van der Waals surface area contributed by atoms with E-state index in [1.807, 2.05) is 0 Å². The van der Waals surface area contributed by atoms with Gasteiger partial charge in [0, 0.05) is 24.7 Å². The van der Waals surface area contributed by atoms with Crippen molar-refractivity contribution in [2.75, 3.05) is 26.0 Å². The van der Waals surface area contributed by atoms with Crippen LogP contribution in [0, 0.1) is 0 Å². The number of sulfonamides is 1. The molecule has 0 saturated carbocycles. The van der Waals surface area contributed by atoms with Crippen molar-refractivity contribution in [2.24, 2.45) is 0 Å². The van der Waals surface area contributed by atoms with Gasteiger partial charge in [-0.3, -0.25) is 4.79 Å². The minimum Gasteiger partial charge on any atom is -0.482 e. The lowest BCUT2D eigenvalue weighted by Gasteiger charge is -2.17. The van der Waals surface area contributed by atoms with Crippen molar-refractivity contribution in [3.8, 4) is 5.75 Å². The Kier molecular flexibility index (Phi) is 5.22. The number of hydrogen-bond acceptors (Lipinski definition) is 5. The number of carbonyl (C=O) groups excluding carboxylic acids is 1. The standard InChI is InChI=1S/C14H18N2O6S/c1-23(20,21)15-11-5-6-16(8-11)14(19)10-3-2-4-12(7-10)22-9-13(17)18/h2-4,7,11,15H,5-6,8-9H2,1H3,(H,17,18). The molecule has 0 radical (unpaired) electrons. The van der Waals surface area contributed by atoms with E-state index in [4.69, 9.17) is 9.84 Å². The van der Waals surface area contributed by atoms with Crippen LogP contribution in [0.15, 0.2) is 24.3 Å². The Morgan fingerprint density at radius 1 is 1.43 bits per heavy atom. The summed E-state index contributed by atoms with van der Waals surface area (Å²) in [5.74, 6) is -1.05. The quantitative estimate of drug-likeness (QED) is 0.747. The zero-order valence-corrected chi connectivity index (χ0v) is 13.4. The highest BCUT2D eigenvalue weighted by Crippen LogP contribution is 2.18. The van der Waals surface area contributed by atoms with Crippen LogP contribution in [-0.2, 0) is 14.8 Å². The molecule has 0 spiro atoms. The molecular formula is C14H18N2O6S. The Morgan fingerprint density at radius 2 is 2.17 bits per heavy atom. The van der Waals surface area contributed by atoms with Crippen molar-refractivity contribution in [3.63, 3.8) is 0 Å². The largest absolute Gasteiger partial charge is 0.482 e. The fourth-order valence-electron chi connectivity index (χ4n) is 2.39. The molecule has 1 amide bonds. The lowest BCUT2D eigenvalue weighted by atomic mass is 10.2. The highest BCUT2D eigenvalue weighted by Gasteiger charge is 2.28. The van der Waals surface area contributed by atoms with E-state index >= 15 is 0 Å².